The van der Waals surface area contributed by atoms with Crippen molar-refractivity contribution in [1.82, 2.24) is 4.90 Å². The summed E-state index contributed by atoms with van der Waals surface area (Å²) in [5, 5.41) is 2.84. The van der Waals surface area contributed by atoms with Crippen molar-refractivity contribution >= 4 is 21.8 Å². The van der Waals surface area contributed by atoms with E-state index in [0.717, 1.165) is 5.56 Å². The van der Waals surface area contributed by atoms with Gasteiger partial charge in [-0.3, -0.25) is 0 Å². The van der Waals surface area contributed by atoms with Crippen molar-refractivity contribution in [1.29, 1.82) is 0 Å². The SMILES string of the molecule is CCS(=O)(=O)Oc1cccc(CN(CCOC)C(=O)Nc2ccccc2)c1. The summed E-state index contributed by atoms with van der Waals surface area (Å²) in [5.74, 6) is 0.112. The summed E-state index contributed by atoms with van der Waals surface area (Å²) in [6, 6.07) is 15.6. The molecule has 2 amide bonds. The smallest absolute Gasteiger partial charge is 0.322 e. The second kappa shape index (κ2) is 9.94. The van der Waals surface area contributed by atoms with E-state index in [4.69, 9.17) is 8.92 Å². The van der Waals surface area contributed by atoms with E-state index in [9.17, 15) is 13.2 Å². The van der Waals surface area contributed by atoms with Crippen LogP contribution in [-0.4, -0.2) is 45.4 Å². The van der Waals surface area contributed by atoms with Gasteiger partial charge in [0.05, 0.1) is 12.4 Å². The van der Waals surface area contributed by atoms with Gasteiger partial charge in [-0.2, -0.15) is 8.42 Å². The summed E-state index contributed by atoms with van der Waals surface area (Å²) in [6.45, 7) is 2.56. The Bertz CT molecular complexity index is 840. The lowest BCUT2D eigenvalue weighted by atomic mass is 10.2. The zero-order valence-electron chi connectivity index (χ0n) is 15.4. The van der Waals surface area contributed by atoms with Gasteiger partial charge in [0, 0.05) is 25.9 Å². The average Bonchev–Trinajstić information content (AvgIpc) is 2.66. The molecule has 0 saturated carbocycles. The first-order valence-corrected chi connectivity index (χ1v) is 10.1. The molecule has 2 rings (SSSR count). The molecule has 0 aliphatic carbocycles. The number of benzene rings is 2. The van der Waals surface area contributed by atoms with Crippen LogP contribution >= 0.6 is 0 Å². The van der Waals surface area contributed by atoms with Gasteiger partial charge in [-0.15, -0.1) is 0 Å². The molecule has 0 aliphatic rings. The molecule has 2 aromatic carbocycles. The van der Waals surface area contributed by atoms with E-state index >= 15 is 0 Å². The lowest BCUT2D eigenvalue weighted by molar-refractivity contribution is 0.153. The molecule has 0 spiro atoms. The maximum Gasteiger partial charge on any atom is 0.322 e. The number of hydrogen-bond donors (Lipinski definition) is 1. The summed E-state index contributed by atoms with van der Waals surface area (Å²) >= 11 is 0. The van der Waals surface area contributed by atoms with E-state index in [1.807, 2.05) is 18.2 Å². The third kappa shape index (κ3) is 6.92. The van der Waals surface area contributed by atoms with Crippen LogP contribution in [0.25, 0.3) is 0 Å². The monoisotopic (exact) mass is 392 g/mol. The van der Waals surface area contributed by atoms with E-state index in [-0.39, 0.29) is 24.1 Å². The zero-order valence-corrected chi connectivity index (χ0v) is 16.2. The van der Waals surface area contributed by atoms with Crippen LogP contribution in [0.4, 0.5) is 10.5 Å². The largest absolute Gasteiger partial charge is 0.383 e. The number of ether oxygens (including phenoxy) is 1. The van der Waals surface area contributed by atoms with Crippen LogP contribution in [0.15, 0.2) is 54.6 Å². The molecule has 0 radical (unpaired) electrons. The van der Waals surface area contributed by atoms with Crippen LogP contribution in [0.3, 0.4) is 0 Å². The van der Waals surface area contributed by atoms with E-state index in [2.05, 4.69) is 5.32 Å². The number of rotatable bonds is 9. The van der Waals surface area contributed by atoms with Gasteiger partial charge in [0.1, 0.15) is 5.75 Å². The Labute approximate surface area is 160 Å². The normalized spacial score (nSPS) is 11.0. The second-order valence-electron chi connectivity index (χ2n) is 5.79. The minimum atomic E-state index is -3.60. The fourth-order valence-corrected chi connectivity index (χ4v) is 2.81. The number of nitrogens with one attached hydrogen (secondary N) is 1. The highest BCUT2D eigenvalue weighted by Gasteiger charge is 2.15. The van der Waals surface area contributed by atoms with Crippen molar-refractivity contribution < 1.29 is 22.1 Å². The number of methoxy groups -OCH3 is 1. The minimum absolute atomic E-state index is 0.114. The van der Waals surface area contributed by atoms with Gasteiger partial charge in [-0.05, 0) is 36.8 Å². The van der Waals surface area contributed by atoms with Crippen LogP contribution in [0, 0.1) is 0 Å². The Balaban J connectivity index is 2.12. The van der Waals surface area contributed by atoms with Crippen LogP contribution in [0.5, 0.6) is 5.75 Å². The molecule has 27 heavy (non-hydrogen) atoms. The molecule has 0 heterocycles. The summed E-state index contributed by atoms with van der Waals surface area (Å²) in [7, 11) is -2.04. The van der Waals surface area contributed by atoms with E-state index < -0.39 is 10.1 Å². The summed E-state index contributed by atoms with van der Waals surface area (Å²) in [5.41, 5.74) is 1.44. The Morgan fingerprint density at radius 3 is 2.52 bits per heavy atom. The molecule has 0 bridgehead atoms. The molecule has 0 saturated heterocycles. The topological polar surface area (TPSA) is 84.9 Å². The van der Waals surface area contributed by atoms with Crippen molar-refractivity contribution in [2.75, 3.05) is 31.3 Å². The third-order valence-corrected chi connectivity index (χ3v) is 4.88. The zero-order chi connectivity index (χ0) is 19.7. The quantitative estimate of drug-likeness (QED) is 0.663. The number of anilines is 1. The van der Waals surface area contributed by atoms with Gasteiger partial charge >= 0.3 is 16.1 Å². The van der Waals surface area contributed by atoms with Crippen molar-refractivity contribution in [2.24, 2.45) is 0 Å². The van der Waals surface area contributed by atoms with Crippen LogP contribution in [0.1, 0.15) is 12.5 Å². The summed E-state index contributed by atoms with van der Waals surface area (Å²) in [6.07, 6.45) is 0. The Kier molecular flexibility index (Phi) is 7.63. The molecule has 146 valence electrons. The Hall–Kier alpha value is -2.58. The number of hydrogen-bond acceptors (Lipinski definition) is 5. The molecule has 2 aromatic rings. The van der Waals surface area contributed by atoms with Crippen LogP contribution in [-0.2, 0) is 21.4 Å². The lowest BCUT2D eigenvalue weighted by Gasteiger charge is -2.23. The number of urea groups is 1. The summed E-state index contributed by atoms with van der Waals surface area (Å²) < 4.78 is 33.4. The maximum atomic E-state index is 12.6. The summed E-state index contributed by atoms with van der Waals surface area (Å²) in [4.78, 5) is 14.2. The molecule has 0 fully saturated rings. The van der Waals surface area contributed by atoms with Crippen molar-refractivity contribution in [2.45, 2.75) is 13.5 Å². The standard InChI is InChI=1S/C19H24N2O5S/c1-3-27(23,24)26-18-11-7-8-16(14-18)15-21(12-13-25-2)19(22)20-17-9-5-4-6-10-17/h4-11,14H,3,12-13,15H2,1-2H3,(H,20,22). The van der Waals surface area contributed by atoms with Crippen LogP contribution in [0.2, 0.25) is 0 Å². The molecule has 0 aliphatic heterocycles. The highest BCUT2D eigenvalue weighted by molar-refractivity contribution is 7.87. The van der Waals surface area contributed by atoms with E-state index in [0.29, 0.717) is 18.8 Å². The van der Waals surface area contributed by atoms with E-state index in [1.165, 1.54) is 6.92 Å². The highest BCUT2D eigenvalue weighted by Crippen LogP contribution is 2.18. The van der Waals surface area contributed by atoms with Gasteiger partial charge in [0.15, 0.2) is 0 Å². The van der Waals surface area contributed by atoms with E-state index in [1.54, 1.807) is 48.4 Å². The van der Waals surface area contributed by atoms with Crippen molar-refractivity contribution in [3.8, 4) is 5.75 Å². The molecule has 1 N–H and O–H groups in total. The number of carbonyl (C=O) groups is 1. The average molecular weight is 392 g/mol. The molecular weight excluding hydrogens is 368 g/mol. The predicted molar refractivity (Wildman–Crippen MR) is 104 cm³/mol. The first-order valence-electron chi connectivity index (χ1n) is 8.54. The minimum Gasteiger partial charge on any atom is -0.383 e. The van der Waals surface area contributed by atoms with Crippen LogP contribution < -0.4 is 9.50 Å². The van der Waals surface area contributed by atoms with Crippen molar-refractivity contribution in [3.05, 3.63) is 60.2 Å². The van der Waals surface area contributed by atoms with Gasteiger partial charge in [-0.1, -0.05) is 30.3 Å². The van der Waals surface area contributed by atoms with Gasteiger partial charge in [0.25, 0.3) is 0 Å². The molecule has 7 nitrogen and oxygen atoms in total. The van der Waals surface area contributed by atoms with Gasteiger partial charge in [-0.25, -0.2) is 4.79 Å². The third-order valence-electron chi connectivity index (χ3n) is 3.73. The molecule has 0 atom stereocenters. The number of para-hydroxylation sites is 1. The molecule has 8 heteroatoms. The highest BCUT2D eigenvalue weighted by atomic mass is 32.2. The number of amides is 2. The van der Waals surface area contributed by atoms with Gasteiger partial charge < -0.3 is 19.1 Å². The molecule has 0 aromatic heterocycles. The maximum absolute atomic E-state index is 12.6. The Morgan fingerprint density at radius 1 is 1.11 bits per heavy atom. The lowest BCUT2D eigenvalue weighted by Crippen LogP contribution is -2.36. The predicted octanol–water partition coefficient (Wildman–Crippen LogP) is 3.10. The first kappa shape index (κ1) is 20.7. The Morgan fingerprint density at radius 2 is 1.85 bits per heavy atom. The first-order chi connectivity index (χ1) is 12.9. The van der Waals surface area contributed by atoms with Crippen molar-refractivity contribution in [3.63, 3.8) is 0 Å². The van der Waals surface area contributed by atoms with Gasteiger partial charge in [0.2, 0.25) is 0 Å². The number of nitrogens with zero attached hydrogens (tertiary/aromatic N) is 1. The molecule has 0 unspecified atom stereocenters. The fraction of sp³-hybridized carbons (Fsp3) is 0.316. The number of carbonyl (C=O) groups excluding carboxylic acids is 1. The second-order valence-corrected chi connectivity index (χ2v) is 7.65. The fourth-order valence-electron chi connectivity index (χ4n) is 2.30. The molecular formula is C19H24N2O5S.